The first kappa shape index (κ1) is 20.3. The minimum atomic E-state index is -0.404. The molecule has 1 fully saturated rings. The van der Waals surface area contributed by atoms with Crippen LogP contribution in [0.1, 0.15) is 44.2 Å². The van der Waals surface area contributed by atoms with Gasteiger partial charge in [-0.25, -0.2) is 0 Å². The maximum Gasteiger partial charge on any atom is 0.265 e. The first-order valence-corrected chi connectivity index (χ1v) is 9.68. The lowest BCUT2D eigenvalue weighted by molar-refractivity contribution is -0.132. The molecule has 0 bridgehead atoms. The molecule has 0 spiro atoms. The third kappa shape index (κ3) is 3.07. The number of fused-ring (bicyclic) bond motifs is 1. The molecule has 1 saturated heterocycles. The summed E-state index contributed by atoms with van der Waals surface area (Å²) < 4.78 is 5.60. The highest BCUT2D eigenvalue weighted by atomic mass is 32.1. The quantitative estimate of drug-likeness (QED) is 0.433. The number of hydrogen-bond donors (Lipinski definition) is 0. The minimum absolute atomic E-state index is 0.0355. The van der Waals surface area contributed by atoms with Crippen LogP contribution in [0, 0.1) is 0 Å². The van der Waals surface area contributed by atoms with Crippen LogP contribution < -0.4 is 9.64 Å². The second-order valence-electron chi connectivity index (χ2n) is 8.20. The molecular formula is C21H27N3O3S. The summed E-state index contributed by atoms with van der Waals surface area (Å²) in [6.07, 6.45) is 2.63. The zero-order valence-corrected chi connectivity index (χ0v) is 18.3. The van der Waals surface area contributed by atoms with E-state index in [2.05, 4.69) is 32.7 Å². The van der Waals surface area contributed by atoms with E-state index < -0.39 is 11.8 Å². The van der Waals surface area contributed by atoms with Crippen molar-refractivity contribution in [1.29, 1.82) is 0 Å². The molecule has 2 aliphatic rings. The zero-order valence-electron chi connectivity index (χ0n) is 17.5. The molecule has 1 atom stereocenters. The Morgan fingerprint density at radius 1 is 1.14 bits per heavy atom. The summed E-state index contributed by atoms with van der Waals surface area (Å²) in [7, 11) is 6.83. The van der Waals surface area contributed by atoms with Crippen LogP contribution in [0.25, 0.3) is 6.08 Å². The lowest BCUT2D eigenvalue weighted by Crippen LogP contribution is -2.52. The molecule has 0 aliphatic carbocycles. The van der Waals surface area contributed by atoms with Gasteiger partial charge in [0.1, 0.15) is 11.3 Å². The average molecular weight is 402 g/mol. The predicted octanol–water partition coefficient (Wildman–Crippen LogP) is 3.02. The predicted molar refractivity (Wildman–Crippen MR) is 115 cm³/mol. The number of anilines is 1. The Morgan fingerprint density at radius 2 is 1.71 bits per heavy atom. The molecule has 3 rings (SSSR count). The Balaban J connectivity index is 2.15. The van der Waals surface area contributed by atoms with Gasteiger partial charge in [-0.3, -0.25) is 19.4 Å². The van der Waals surface area contributed by atoms with E-state index in [0.29, 0.717) is 17.2 Å². The number of carbonyl (C=O) groups is 2. The molecule has 1 aromatic carbocycles. The van der Waals surface area contributed by atoms with Gasteiger partial charge in [-0.1, -0.05) is 6.92 Å². The molecule has 0 radical (unpaired) electrons. The van der Waals surface area contributed by atoms with Gasteiger partial charge in [-0.2, -0.15) is 0 Å². The molecule has 2 aliphatic heterocycles. The molecule has 150 valence electrons. The topological polar surface area (TPSA) is 53.1 Å². The smallest absolute Gasteiger partial charge is 0.265 e. The molecule has 28 heavy (non-hydrogen) atoms. The molecule has 0 aromatic heterocycles. The summed E-state index contributed by atoms with van der Waals surface area (Å²) >= 11 is 5.15. The van der Waals surface area contributed by atoms with Crippen molar-refractivity contribution in [3.05, 3.63) is 28.8 Å². The van der Waals surface area contributed by atoms with Crippen LogP contribution in [0.2, 0.25) is 0 Å². The first-order chi connectivity index (χ1) is 13.0. The highest BCUT2D eigenvalue weighted by Crippen LogP contribution is 2.45. The fourth-order valence-electron chi connectivity index (χ4n) is 4.03. The standard InChI is InChI=1S/C21H27N3O3S/c1-12-11-21(2,3)24(6)16-10-17(27-7)13(8-14(12)16)9-15-18(25)22(4)20(28)23(5)19(15)26/h8-10,12H,11H2,1-7H3. The summed E-state index contributed by atoms with van der Waals surface area (Å²) in [5.41, 5.74) is 3.12. The van der Waals surface area contributed by atoms with E-state index in [1.807, 2.05) is 12.1 Å². The fourth-order valence-corrected chi connectivity index (χ4v) is 4.20. The number of nitrogens with zero attached hydrogens (tertiary/aromatic N) is 3. The van der Waals surface area contributed by atoms with E-state index >= 15 is 0 Å². The van der Waals surface area contributed by atoms with Gasteiger partial charge in [0, 0.05) is 44.0 Å². The lowest BCUT2D eigenvalue weighted by Gasteiger charge is -2.45. The number of hydrogen-bond acceptors (Lipinski definition) is 5. The Morgan fingerprint density at radius 3 is 2.25 bits per heavy atom. The van der Waals surface area contributed by atoms with E-state index in [0.717, 1.165) is 12.1 Å². The van der Waals surface area contributed by atoms with Gasteiger partial charge in [0.2, 0.25) is 0 Å². The maximum atomic E-state index is 12.7. The molecule has 6 nitrogen and oxygen atoms in total. The molecule has 1 unspecified atom stereocenters. The highest BCUT2D eigenvalue weighted by Gasteiger charge is 2.37. The van der Waals surface area contributed by atoms with Gasteiger partial charge in [0.25, 0.3) is 11.8 Å². The molecular weight excluding hydrogens is 374 g/mol. The molecule has 0 saturated carbocycles. The Hall–Kier alpha value is -2.41. The van der Waals surface area contributed by atoms with Crippen LogP contribution in [-0.2, 0) is 9.59 Å². The van der Waals surface area contributed by atoms with Crippen molar-refractivity contribution >= 4 is 40.9 Å². The van der Waals surface area contributed by atoms with Gasteiger partial charge in [-0.05, 0) is 56.1 Å². The summed E-state index contributed by atoms with van der Waals surface area (Å²) in [4.78, 5) is 30.2. The number of benzene rings is 1. The van der Waals surface area contributed by atoms with Crippen LogP contribution in [0.5, 0.6) is 5.75 Å². The highest BCUT2D eigenvalue weighted by molar-refractivity contribution is 7.80. The molecule has 2 heterocycles. The number of methoxy groups -OCH3 is 1. The zero-order chi connectivity index (χ0) is 21.0. The van der Waals surface area contributed by atoms with Crippen LogP contribution in [0.3, 0.4) is 0 Å². The van der Waals surface area contributed by atoms with E-state index in [9.17, 15) is 9.59 Å². The largest absolute Gasteiger partial charge is 0.496 e. The second kappa shape index (κ2) is 6.88. The third-order valence-corrected chi connectivity index (χ3v) is 6.48. The summed E-state index contributed by atoms with van der Waals surface area (Å²) in [6, 6.07) is 4.03. The summed E-state index contributed by atoms with van der Waals surface area (Å²) in [5, 5.41) is 0.196. The van der Waals surface area contributed by atoms with Crippen molar-refractivity contribution in [2.75, 3.05) is 33.2 Å². The van der Waals surface area contributed by atoms with Crippen molar-refractivity contribution in [3.63, 3.8) is 0 Å². The van der Waals surface area contributed by atoms with Gasteiger partial charge in [0.05, 0.1) is 7.11 Å². The number of likely N-dealkylation sites (N-methyl/N-ethyl adjacent to an activating group) is 2. The third-order valence-electron chi connectivity index (χ3n) is 5.93. The number of thiocarbonyl (C=S) groups is 1. The molecule has 7 heteroatoms. The van der Waals surface area contributed by atoms with Crippen molar-refractivity contribution in [3.8, 4) is 5.75 Å². The van der Waals surface area contributed by atoms with E-state index in [1.54, 1.807) is 27.3 Å². The van der Waals surface area contributed by atoms with Crippen LogP contribution in [0.4, 0.5) is 5.69 Å². The summed E-state index contributed by atoms with van der Waals surface area (Å²) in [5.74, 6) is 0.167. The average Bonchev–Trinajstić information content (AvgIpc) is 2.65. The molecule has 2 amide bonds. The van der Waals surface area contributed by atoms with Crippen molar-refractivity contribution < 1.29 is 14.3 Å². The Kier molecular flexibility index (Phi) is 5.00. The summed E-state index contributed by atoms with van der Waals surface area (Å²) in [6.45, 7) is 6.65. The first-order valence-electron chi connectivity index (χ1n) is 9.27. The van der Waals surface area contributed by atoms with Crippen LogP contribution in [-0.4, -0.2) is 60.5 Å². The fraction of sp³-hybridized carbons (Fsp3) is 0.476. The van der Waals surface area contributed by atoms with E-state index in [-0.39, 0.29) is 16.2 Å². The van der Waals surface area contributed by atoms with Crippen LogP contribution >= 0.6 is 12.2 Å². The van der Waals surface area contributed by atoms with E-state index in [1.165, 1.54) is 15.4 Å². The number of rotatable bonds is 2. The second-order valence-corrected chi connectivity index (χ2v) is 8.56. The van der Waals surface area contributed by atoms with Gasteiger partial charge >= 0.3 is 0 Å². The molecule has 0 N–H and O–H groups in total. The maximum absolute atomic E-state index is 12.7. The minimum Gasteiger partial charge on any atom is -0.496 e. The van der Waals surface area contributed by atoms with Crippen molar-refractivity contribution in [1.82, 2.24) is 9.80 Å². The van der Waals surface area contributed by atoms with Gasteiger partial charge in [0.15, 0.2) is 5.11 Å². The van der Waals surface area contributed by atoms with Gasteiger partial charge in [-0.15, -0.1) is 0 Å². The lowest BCUT2D eigenvalue weighted by atomic mass is 9.79. The number of amides is 2. The number of ether oxygens (including phenoxy) is 1. The van der Waals surface area contributed by atoms with Crippen molar-refractivity contribution in [2.45, 2.75) is 38.6 Å². The molecule has 1 aromatic rings. The van der Waals surface area contributed by atoms with E-state index in [4.69, 9.17) is 17.0 Å². The van der Waals surface area contributed by atoms with Gasteiger partial charge < -0.3 is 9.64 Å². The number of carbonyl (C=O) groups excluding carboxylic acids is 2. The van der Waals surface area contributed by atoms with Crippen LogP contribution in [0.15, 0.2) is 17.7 Å². The Bertz CT molecular complexity index is 880. The Labute approximate surface area is 171 Å². The SMILES string of the molecule is COc1cc2c(cc1C=C1C(=O)N(C)C(=S)N(C)C1=O)C(C)CC(C)(C)N2C. The monoisotopic (exact) mass is 401 g/mol. The van der Waals surface area contributed by atoms with Crippen molar-refractivity contribution in [2.24, 2.45) is 0 Å². The normalized spacial score (nSPS) is 21.8.